The molecular formula is C21H47NO3. The van der Waals surface area contributed by atoms with Crippen molar-refractivity contribution in [3.05, 3.63) is 0 Å². The number of aliphatic hydroxyl groups excluding tert-OH is 2. The smallest absolute Gasteiger partial charge is 0.143 e. The molecule has 0 amide bonds. The molecule has 0 bridgehead atoms. The van der Waals surface area contributed by atoms with E-state index in [-0.39, 0.29) is 12.9 Å². The topological polar surface area (TPSA) is 61.7 Å². The molecule has 4 nitrogen and oxygen atoms in total. The Kier molecular flexibility index (Phi) is 17.4. The number of ether oxygens (including phenoxy) is 1. The molecule has 25 heavy (non-hydrogen) atoms. The van der Waals surface area contributed by atoms with Crippen molar-refractivity contribution >= 4 is 0 Å². The van der Waals surface area contributed by atoms with E-state index in [0.717, 1.165) is 45.3 Å². The number of nitrogens with one attached hydrogen (secondary N) is 1. The first-order valence-corrected chi connectivity index (χ1v) is 10.2. The van der Waals surface area contributed by atoms with E-state index in [1.165, 1.54) is 12.8 Å². The van der Waals surface area contributed by atoms with Gasteiger partial charge in [0, 0.05) is 13.2 Å². The Morgan fingerprint density at radius 3 is 2.08 bits per heavy atom. The Morgan fingerprint density at radius 2 is 1.64 bits per heavy atom. The van der Waals surface area contributed by atoms with Gasteiger partial charge in [0.15, 0.2) is 0 Å². The summed E-state index contributed by atoms with van der Waals surface area (Å²) in [5.41, 5.74) is 0.293. The lowest BCUT2D eigenvalue weighted by molar-refractivity contribution is -0.0574. The molecule has 0 aromatic carbocycles. The highest BCUT2D eigenvalue weighted by molar-refractivity contribution is 4.84. The van der Waals surface area contributed by atoms with Gasteiger partial charge < -0.3 is 20.3 Å². The third kappa shape index (κ3) is 12.8. The average Bonchev–Trinajstić information content (AvgIpc) is 2.57. The highest BCUT2D eigenvalue weighted by Gasteiger charge is 2.28. The Labute approximate surface area is 157 Å². The maximum Gasteiger partial charge on any atom is 0.143 e. The third-order valence-corrected chi connectivity index (χ3v) is 5.44. The fourth-order valence-corrected chi connectivity index (χ4v) is 3.24. The van der Waals surface area contributed by atoms with E-state index in [2.05, 4.69) is 53.8 Å². The summed E-state index contributed by atoms with van der Waals surface area (Å²) < 4.78 is 5.43. The fourth-order valence-electron chi connectivity index (χ4n) is 3.24. The highest BCUT2D eigenvalue weighted by Crippen LogP contribution is 2.30. The molecule has 0 spiro atoms. The van der Waals surface area contributed by atoms with Crippen LogP contribution in [0.15, 0.2) is 0 Å². The second-order valence-corrected chi connectivity index (χ2v) is 8.18. The first kappa shape index (κ1) is 27.1. The average molecular weight is 362 g/mol. The lowest BCUT2D eigenvalue weighted by atomic mass is 9.78. The van der Waals surface area contributed by atoms with Crippen LogP contribution in [0.4, 0.5) is 0 Å². The van der Waals surface area contributed by atoms with Crippen LogP contribution in [0.5, 0.6) is 0 Å². The Balaban J connectivity index is 0. The van der Waals surface area contributed by atoms with Crippen molar-refractivity contribution in [2.24, 2.45) is 17.3 Å². The molecule has 4 heteroatoms. The summed E-state index contributed by atoms with van der Waals surface area (Å²) in [6, 6.07) is 0.562. The van der Waals surface area contributed by atoms with Gasteiger partial charge in [-0.25, -0.2) is 0 Å². The quantitative estimate of drug-likeness (QED) is 0.396. The summed E-state index contributed by atoms with van der Waals surface area (Å²) in [6.45, 7) is 17.1. The van der Waals surface area contributed by atoms with E-state index in [1.54, 1.807) is 0 Å². The molecule has 154 valence electrons. The molecule has 0 saturated heterocycles. The van der Waals surface area contributed by atoms with Crippen LogP contribution in [0.3, 0.4) is 0 Å². The van der Waals surface area contributed by atoms with Crippen LogP contribution in [0.2, 0.25) is 0 Å². The zero-order chi connectivity index (χ0) is 19.9. The number of hydrogen-bond acceptors (Lipinski definition) is 4. The number of rotatable bonds is 14. The molecule has 0 aliphatic rings. The maximum absolute atomic E-state index is 8.98. The van der Waals surface area contributed by atoms with Gasteiger partial charge in [0.1, 0.15) is 6.79 Å². The van der Waals surface area contributed by atoms with Crippen molar-refractivity contribution < 1.29 is 14.9 Å². The molecule has 0 aromatic heterocycles. The zero-order valence-corrected chi connectivity index (χ0v) is 18.3. The van der Waals surface area contributed by atoms with Crippen molar-refractivity contribution in [3.8, 4) is 0 Å². The van der Waals surface area contributed by atoms with Gasteiger partial charge >= 0.3 is 0 Å². The van der Waals surface area contributed by atoms with Crippen molar-refractivity contribution in [3.63, 3.8) is 0 Å². The third-order valence-electron chi connectivity index (χ3n) is 5.44. The molecular weight excluding hydrogens is 314 g/mol. The van der Waals surface area contributed by atoms with Crippen LogP contribution in [-0.4, -0.2) is 42.8 Å². The zero-order valence-electron chi connectivity index (χ0n) is 18.3. The standard InChI is InChI=1S/C20H43NO2.CH4O/c1-8-11-18(23-15-22)12-10-13-20(6,7)19(9-2)21-14-17(5)16(3)4;1-2/h16-19,21-22H,8-15H2,1-7H3;2H,1H3. The molecule has 3 atom stereocenters. The summed E-state index contributed by atoms with van der Waals surface area (Å²) in [7, 11) is 1.00. The van der Waals surface area contributed by atoms with Crippen molar-refractivity contribution in [1.82, 2.24) is 5.32 Å². The summed E-state index contributed by atoms with van der Waals surface area (Å²) in [4.78, 5) is 0. The highest BCUT2D eigenvalue weighted by atomic mass is 16.6. The normalized spacial score (nSPS) is 15.5. The van der Waals surface area contributed by atoms with Gasteiger partial charge in [-0.2, -0.15) is 0 Å². The summed E-state index contributed by atoms with van der Waals surface area (Å²) >= 11 is 0. The van der Waals surface area contributed by atoms with E-state index in [1.807, 2.05) is 0 Å². The SMILES string of the molecule is CCCC(CCCC(C)(C)C(CC)NCC(C)C(C)C)OCO.CO. The molecule has 0 aromatic rings. The van der Waals surface area contributed by atoms with Crippen LogP contribution >= 0.6 is 0 Å². The van der Waals surface area contributed by atoms with Gasteiger partial charge in [0.05, 0.1) is 6.10 Å². The van der Waals surface area contributed by atoms with Gasteiger partial charge in [-0.3, -0.25) is 0 Å². The van der Waals surface area contributed by atoms with Gasteiger partial charge in [0.25, 0.3) is 0 Å². The van der Waals surface area contributed by atoms with Crippen LogP contribution < -0.4 is 5.32 Å². The molecule has 0 radical (unpaired) electrons. The van der Waals surface area contributed by atoms with E-state index in [4.69, 9.17) is 14.9 Å². The molecule has 0 fully saturated rings. The van der Waals surface area contributed by atoms with Crippen LogP contribution in [-0.2, 0) is 4.74 Å². The van der Waals surface area contributed by atoms with E-state index < -0.39 is 0 Å². The van der Waals surface area contributed by atoms with E-state index in [0.29, 0.717) is 17.4 Å². The maximum atomic E-state index is 8.98. The Bertz CT molecular complexity index is 276. The number of aliphatic hydroxyl groups is 2. The largest absolute Gasteiger partial charge is 0.400 e. The predicted molar refractivity (Wildman–Crippen MR) is 109 cm³/mol. The Hall–Kier alpha value is -0.160. The number of hydrogen-bond donors (Lipinski definition) is 3. The second kappa shape index (κ2) is 16.0. The molecule has 0 saturated carbocycles. The molecule has 3 N–H and O–H groups in total. The summed E-state index contributed by atoms with van der Waals surface area (Å²) in [6.07, 6.45) is 6.96. The monoisotopic (exact) mass is 361 g/mol. The molecule has 0 heterocycles. The lowest BCUT2D eigenvalue weighted by Gasteiger charge is -2.36. The lowest BCUT2D eigenvalue weighted by Crippen LogP contribution is -2.43. The predicted octanol–water partition coefficient (Wildman–Crippen LogP) is 4.59. The molecule has 0 rings (SSSR count). The van der Waals surface area contributed by atoms with Crippen molar-refractivity contribution in [2.45, 2.75) is 99.1 Å². The summed E-state index contributed by atoms with van der Waals surface area (Å²) in [5, 5.41) is 19.8. The van der Waals surface area contributed by atoms with E-state index >= 15 is 0 Å². The first-order valence-electron chi connectivity index (χ1n) is 10.2. The molecule has 0 aliphatic carbocycles. The summed E-state index contributed by atoms with van der Waals surface area (Å²) in [5.74, 6) is 1.44. The van der Waals surface area contributed by atoms with Gasteiger partial charge in [-0.15, -0.1) is 0 Å². The van der Waals surface area contributed by atoms with Crippen LogP contribution in [0.1, 0.15) is 87.0 Å². The Morgan fingerprint density at radius 1 is 1.04 bits per heavy atom. The van der Waals surface area contributed by atoms with Gasteiger partial charge in [-0.1, -0.05) is 61.3 Å². The first-order chi connectivity index (χ1) is 11.8. The van der Waals surface area contributed by atoms with Crippen LogP contribution in [0.25, 0.3) is 0 Å². The second-order valence-electron chi connectivity index (χ2n) is 8.18. The van der Waals surface area contributed by atoms with Gasteiger partial charge in [-0.05, 0) is 49.5 Å². The van der Waals surface area contributed by atoms with Crippen LogP contribution in [0, 0.1) is 17.3 Å². The fraction of sp³-hybridized carbons (Fsp3) is 1.00. The molecule has 0 aliphatic heterocycles. The van der Waals surface area contributed by atoms with Crippen molar-refractivity contribution in [2.75, 3.05) is 20.4 Å². The van der Waals surface area contributed by atoms with Crippen molar-refractivity contribution in [1.29, 1.82) is 0 Å². The minimum Gasteiger partial charge on any atom is -0.400 e. The van der Waals surface area contributed by atoms with E-state index in [9.17, 15) is 0 Å². The minimum absolute atomic E-state index is 0.152. The minimum atomic E-state index is -0.152. The van der Waals surface area contributed by atoms with Gasteiger partial charge in [0.2, 0.25) is 0 Å². The molecule has 3 unspecified atom stereocenters.